The van der Waals surface area contributed by atoms with Crippen LogP contribution in [0, 0.1) is 0 Å². The van der Waals surface area contributed by atoms with Gasteiger partial charge in [0.05, 0.1) is 11.4 Å². The molecule has 1 amide bonds. The number of hydrogen-bond donors (Lipinski definition) is 2. The van der Waals surface area contributed by atoms with E-state index in [0.29, 0.717) is 11.4 Å². The lowest BCUT2D eigenvalue weighted by atomic mass is 10.2. The highest BCUT2D eigenvalue weighted by Crippen LogP contribution is 2.15. The van der Waals surface area contributed by atoms with Crippen molar-refractivity contribution in [2.75, 3.05) is 5.75 Å². The molecule has 0 fully saturated rings. The van der Waals surface area contributed by atoms with Crippen molar-refractivity contribution in [2.24, 2.45) is 0 Å². The van der Waals surface area contributed by atoms with Crippen LogP contribution in [0.5, 0.6) is 0 Å². The highest BCUT2D eigenvalue weighted by atomic mass is 35.5. The van der Waals surface area contributed by atoms with Crippen LogP contribution < -0.4 is 10.9 Å². The Morgan fingerprint density at radius 1 is 1.05 bits per heavy atom. The Labute approximate surface area is 139 Å². The summed E-state index contributed by atoms with van der Waals surface area (Å²) in [5.41, 5.74) is 8.22. The molecule has 0 unspecified atom stereocenters. The summed E-state index contributed by atoms with van der Waals surface area (Å²) in [6.45, 7) is 3.89. The zero-order valence-electron chi connectivity index (χ0n) is 12.0. The fourth-order valence-electron chi connectivity index (χ4n) is 1.73. The lowest BCUT2D eigenvalue weighted by molar-refractivity contribution is -0.119. The van der Waals surface area contributed by atoms with Crippen molar-refractivity contribution in [2.45, 2.75) is 5.75 Å². The molecular formula is C17H17ClN2OS. The Balaban J connectivity index is 1.68. The summed E-state index contributed by atoms with van der Waals surface area (Å²) >= 11 is 7.37. The van der Waals surface area contributed by atoms with Crippen LogP contribution in [-0.2, 0) is 10.5 Å². The molecule has 2 rings (SSSR count). The van der Waals surface area contributed by atoms with E-state index < -0.39 is 0 Å². The maximum Gasteiger partial charge on any atom is 0.248 e. The molecule has 0 saturated carbocycles. The van der Waals surface area contributed by atoms with Crippen LogP contribution in [0.1, 0.15) is 11.1 Å². The molecule has 0 aliphatic rings. The summed E-state index contributed by atoms with van der Waals surface area (Å²) in [6.07, 6.45) is 0. The minimum Gasteiger partial charge on any atom is -0.299 e. The van der Waals surface area contributed by atoms with E-state index in [4.69, 9.17) is 11.6 Å². The molecule has 2 aromatic rings. The molecule has 0 spiro atoms. The molecule has 0 aliphatic heterocycles. The SMILES string of the molecule is C=C(NNC(=O)CSCc1ccc(Cl)cc1)c1ccccc1. The van der Waals surface area contributed by atoms with Crippen molar-refractivity contribution >= 4 is 35.0 Å². The van der Waals surface area contributed by atoms with Gasteiger partial charge in [0, 0.05) is 10.8 Å². The number of amides is 1. The van der Waals surface area contributed by atoms with Gasteiger partial charge < -0.3 is 0 Å². The fourth-order valence-corrected chi connectivity index (χ4v) is 2.65. The highest BCUT2D eigenvalue weighted by Gasteiger charge is 2.03. The summed E-state index contributed by atoms with van der Waals surface area (Å²) in [5.74, 6) is 1.05. The van der Waals surface area contributed by atoms with Gasteiger partial charge >= 0.3 is 0 Å². The number of hydrazine groups is 1. The number of hydrogen-bond acceptors (Lipinski definition) is 3. The Morgan fingerprint density at radius 3 is 2.41 bits per heavy atom. The first kappa shape index (κ1) is 16.5. The first-order chi connectivity index (χ1) is 10.6. The first-order valence-electron chi connectivity index (χ1n) is 6.76. The molecule has 3 nitrogen and oxygen atoms in total. The van der Waals surface area contributed by atoms with Crippen LogP contribution in [0.4, 0.5) is 0 Å². The Morgan fingerprint density at radius 2 is 1.73 bits per heavy atom. The summed E-state index contributed by atoms with van der Waals surface area (Å²) in [4.78, 5) is 11.8. The molecular weight excluding hydrogens is 316 g/mol. The topological polar surface area (TPSA) is 41.1 Å². The molecule has 0 atom stereocenters. The van der Waals surface area contributed by atoms with Gasteiger partial charge in [-0.15, -0.1) is 11.8 Å². The van der Waals surface area contributed by atoms with E-state index in [2.05, 4.69) is 17.4 Å². The smallest absolute Gasteiger partial charge is 0.248 e. The summed E-state index contributed by atoms with van der Waals surface area (Å²) in [5, 5.41) is 0.718. The molecule has 114 valence electrons. The number of carbonyl (C=O) groups is 1. The molecule has 2 N–H and O–H groups in total. The number of rotatable bonds is 7. The van der Waals surface area contributed by atoms with E-state index in [0.717, 1.165) is 21.9 Å². The predicted molar refractivity (Wildman–Crippen MR) is 94.4 cm³/mol. The van der Waals surface area contributed by atoms with Crippen LogP contribution in [0.15, 0.2) is 61.2 Å². The quantitative estimate of drug-likeness (QED) is 0.756. The fraction of sp³-hybridized carbons (Fsp3) is 0.118. The third kappa shape index (κ3) is 5.47. The van der Waals surface area contributed by atoms with Gasteiger partial charge in [0.1, 0.15) is 0 Å². The van der Waals surface area contributed by atoms with Gasteiger partial charge in [0.25, 0.3) is 0 Å². The van der Waals surface area contributed by atoms with Crippen molar-refractivity contribution in [3.05, 3.63) is 77.3 Å². The van der Waals surface area contributed by atoms with Gasteiger partial charge in [-0.25, -0.2) is 0 Å². The number of carbonyl (C=O) groups excluding carboxylic acids is 1. The molecule has 0 aliphatic carbocycles. The van der Waals surface area contributed by atoms with Crippen molar-refractivity contribution < 1.29 is 4.79 Å². The zero-order valence-corrected chi connectivity index (χ0v) is 13.6. The van der Waals surface area contributed by atoms with Gasteiger partial charge in [-0.3, -0.25) is 15.6 Å². The average Bonchev–Trinajstić information content (AvgIpc) is 2.55. The number of nitrogens with one attached hydrogen (secondary N) is 2. The minimum atomic E-state index is -0.0870. The van der Waals surface area contributed by atoms with E-state index in [1.165, 1.54) is 0 Å². The largest absolute Gasteiger partial charge is 0.299 e. The first-order valence-corrected chi connectivity index (χ1v) is 8.30. The molecule has 0 saturated heterocycles. The lowest BCUT2D eigenvalue weighted by Gasteiger charge is -2.11. The number of thioether (sulfide) groups is 1. The molecule has 0 heterocycles. The van der Waals surface area contributed by atoms with E-state index in [1.54, 1.807) is 11.8 Å². The minimum absolute atomic E-state index is 0.0870. The van der Waals surface area contributed by atoms with E-state index in [1.807, 2.05) is 54.6 Å². The Bertz CT molecular complexity index is 629. The zero-order chi connectivity index (χ0) is 15.8. The van der Waals surface area contributed by atoms with Crippen LogP contribution >= 0.6 is 23.4 Å². The normalized spacial score (nSPS) is 10.0. The van der Waals surface area contributed by atoms with Crippen LogP contribution in [0.3, 0.4) is 0 Å². The monoisotopic (exact) mass is 332 g/mol. The van der Waals surface area contributed by atoms with Crippen LogP contribution in [0.2, 0.25) is 5.02 Å². The molecule has 22 heavy (non-hydrogen) atoms. The van der Waals surface area contributed by atoms with Crippen molar-refractivity contribution in [3.8, 4) is 0 Å². The maximum absolute atomic E-state index is 11.8. The Hall–Kier alpha value is -1.91. The van der Waals surface area contributed by atoms with Crippen LogP contribution in [-0.4, -0.2) is 11.7 Å². The molecule has 0 bridgehead atoms. The van der Waals surface area contributed by atoms with Gasteiger partial charge in [-0.1, -0.05) is 60.6 Å². The second-order valence-corrected chi connectivity index (χ2v) is 6.06. The summed E-state index contributed by atoms with van der Waals surface area (Å²) in [6, 6.07) is 17.3. The number of benzene rings is 2. The van der Waals surface area contributed by atoms with Gasteiger partial charge in [0.2, 0.25) is 5.91 Å². The second kappa shape index (κ2) is 8.51. The molecule has 0 radical (unpaired) electrons. The standard InChI is InChI=1S/C17H17ClN2OS/c1-13(15-5-3-2-4-6-15)19-20-17(21)12-22-11-14-7-9-16(18)10-8-14/h2-10,19H,1,11-12H2,(H,20,21). The van der Waals surface area contributed by atoms with Crippen LogP contribution in [0.25, 0.3) is 5.70 Å². The molecule has 2 aromatic carbocycles. The molecule has 5 heteroatoms. The summed E-state index contributed by atoms with van der Waals surface area (Å²) < 4.78 is 0. The Kier molecular flexibility index (Phi) is 6.37. The number of halogens is 1. The third-order valence-corrected chi connectivity index (χ3v) is 4.15. The van der Waals surface area contributed by atoms with Gasteiger partial charge in [0.15, 0.2) is 0 Å². The van der Waals surface area contributed by atoms with E-state index in [-0.39, 0.29) is 5.91 Å². The van der Waals surface area contributed by atoms with Crippen molar-refractivity contribution in [3.63, 3.8) is 0 Å². The van der Waals surface area contributed by atoms with E-state index in [9.17, 15) is 4.79 Å². The van der Waals surface area contributed by atoms with E-state index >= 15 is 0 Å². The van der Waals surface area contributed by atoms with Gasteiger partial charge in [-0.2, -0.15) is 0 Å². The molecule has 0 aromatic heterocycles. The summed E-state index contributed by atoms with van der Waals surface area (Å²) in [7, 11) is 0. The van der Waals surface area contributed by atoms with Gasteiger partial charge in [-0.05, 0) is 23.3 Å². The average molecular weight is 333 g/mol. The van der Waals surface area contributed by atoms with Crippen molar-refractivity contribution in [1.82, 2.24) is 10.9 Å². The lowest BCUT2D eigenvalue weighted by Crippen LogP contribution is -2.37. The van der Waals surface area contributed by atoms with Crippen molar-refractivity contribution in [1.29, 1.82) is 0 Å². The second-order valence-electron chi connectivity index (χ2n) is 4.64. The highest BCUT2D eigenvalue weighted by molar-refractivity contribution is 7.99. The third-order valence-electron chi connectivity index (χ3n) is 2.89. The maximum atomic E-state index is 11.8. The predicted octanol–water partition coefficient (Wildman–Crippen LogP) is 3.86.